The molecule has 1 heterocycles. The topological polar surface area (TPSA) is 43.3 Å². The number of nitrogens with zero attached hydrogens (tertiary/aromatic N) is 1. The van der Waals surface area contributed by atoms with Crippen molar-refractivity contribution < 1.29 is 9.53 Å². The SMILES string of the molecule is COc1cccc(C(=O)CCCNCc2ccc3c(c2)c2ccccc2n3Cc2ccccc2)c1. The minimum absolute atomic E-state index is 0.151. The first-order chi connectivity index (χ1) is 17.2. The fourth-order valence-corrected chi connectivity index (χ4v) is 4.69. The Balaban J connectivity index is 1.24. The van der Waals surface area contributed by atoms with E-state index >= 15 is 0 Å². The molecule has 0 aliphatic rings. The summed E-state index contributed by atoms with van der Waals surface area (Å²) in [7, 11) is 1.62. The van der Waals surface area contributed by atoms with Crippen molar-refractivity contribution in [2.24, 2.45) is 0 Å². The van der Waals surface area contributed by atoms with Crippen LogP contribution in [0.25, 0.3) is 21.8 Å². The summed E-state index contributed by atoms with van der Waals surface area (Å²) in [4.78, 5) is 12.5. The Morgan fingerprint density at radius 2 is 1.60 bits per heavy atom. The van der Waals surface area contributed by atoms with Gasteiger partial charge in [-0.2, -0.15) is 0 Å². The van der Waals surface area contributed by atoms with Crippen molar-refractivity contribution in [1.82, 2.24) is 9.88 Å². The molecule has 0 radical (unpaired) electrons. The Labute approximate surface area is 206 Å². The van der Waals surface area contributed by atoms with Crippen LogP contribution in [-0.2, 0) is 13.1 Å². The van der Waals surface area contributed by atoms with Gasteiger partial charge in [-0.3, -0.25) is 4.79 Å². The van der Waals surface area contributed by atoms with Crippen molar-refractivity contribution in [3.8, 4) is 5.75 Å². The van der Waals surface area contributed by atoms with E-state index in [4.69, 9.17) is 4.74 Å². The minimum atomic E-state index is 0.151. The lowest BCUT2D eigenvalue weighted by Crippen LogP contribution is -2.15. The molecule has 4 heteroatoms. The molecule has 0 saturated carbocycles. The molecule has 1 N–H and O–H groups in total. The maximum absolute atomic E-state index is 12.5. The first-order valence-electron chi connectivity index (χ1n) is 12.1. The summed E-state index contributed by atoms with van der Waals surface area (Å²) in [6.45, 7) is 2.43. The summed E-state index contributed by atoms with van der Waals surface area (Å²) < 4.78 is 7.62. The molecule has 0 amide bonds. The van der Waals surface area contributed by atoms with Gasteiger partial charge in [0.25, 0.3) is 0 Å². The standard InChI is InChI=1S/C31H30N2O2/c1-35-26-12-7-11-25(20-26)31(34)15-8-18-32-21-24-16-17-30-28(19-24)27-13-5-6-14-29(27)33(30)22-23-9-3-2-4-10-23/h2-7,9-14,16-17,19-20,32H,8,15,18,21-22H2,1H3. The first-order valence-corrected chi connectivity index (χ1v) is 12.1. The van der Waals surface area contributed by atoms with Crippen LogP contribution < -0.4 is 10.1 Å². The Morgan fingerprint density at radius 1 is 0.800 bits per heavy atom. The van der Waals surface area contributed by atoms with E-state index in [2.05, 4.69) is 82.7 Å². The van der Waals surface area contributed by atoms with Gasteiger partial charge in [-0.05, 0) is 54.4 Å². The summed E-state index contributed by atoms with van der Waals surface area (Å²) in [6, 6.07) is 33.3. The number of fused-ring (bicyclic) bond motifs is 3. The number of Topliss-reactive ketones (excluding diaryl/α,β-unsaturated/α-hetero) is 1. The van der Waals surface area contributed by atoms with Gasteiger partial charge in [0.2, 0.25) is 0 Å². The summed E-state index contributed by atoms with van der Waals surface area (Å²) in [5.41, 5.74) is 5.76. The highest BCUT2D eigenvalue weighted by Gasteiger charge is 2.11. The molecule has 35 heavy (non-hydrogen) atoms. The van der Waals surface area contributed by atoms with E-state index in [9.17, 15) is 4.79 Å². The van der Waals surface area contributed by atoms with Gasteiger partial charge in [0.1, 0.15) is 5.75 Å². The van der Waals surface area contributed by atoms with Crippen molar-refractivity contribution in [2.45, 2.75) is 25.9 Å². The zero-order valence-electron chi connectivity index (χ0n) is 20.0. The number of para-hydroxylation sites is 1. The molecule has 4 nitrogen and oxygen atoms in total. The molecule has 0 spiro atoms. The molecule has 0 atom stereocenters. The lowest BCUT2D eigenvalue weighted by atomic mass is 10.1. The minimum Gasteiger partial charge on any atom is -0.497 e. The number of ketones is 1. The molecule has 0 bridgehead atoms. The molecule has 0 unspecified atom stereocenters. The molecule has 0 aliphatic carbocycles. The van der Waals surface area contributed by atoms with Crippen LogP contribution in [-0.4, -0.2) is 24.0 Å². The average molecular weight is 463 g/mol. The van der Waals surface area contributed by atoms with Crippen molar-refractivity contribution in [2.75, 3.05) is 13.7 Å². The number of hydrogen-bond donors (Lipinski definition) is 1. The number of nitrogens with one attached hydrogen (secondary N) is 1. The van der Waals surface area contributed by atoms with Crippen LogP contribution in [0.4, 0.5) is 0 Å². The van der Waals surface area contributed by atoms with E-state index in [0.717, 1.165) is 31.8 Å². The first kappa shape index (κ1) is 22.9. The van der Waals surface area contributed by atoms with Crippen LogP contribution in [0.5, 0.6) is 5.75 Å². The Morgan fingerprint density at radius 3 is 2.46 bits per heavy atom. The van der Waals surface area contributed by atoms with E-state index in [1.54, 1.807) is 13.2 Å². The smallest absolute Gasteiger partial charge is 0.163 e. The highest BCUT2D eigenvalue weighted by Crippen LogP contribution is 2.30. The highest BCUT2D eigenvalue weighted by molar-refractivity contribution is 6.08. The lowest BCUT2D eigenvalue weighted by molar-refractivity contribution is 0.0979. The van der Waals surface area contributed by atoms with E-state index in [1.807, 2.05) is 18.2 Å². The molecule has 4 aromatic carbocycles. The molecule has 176 valence electrons. The molecule has 5 aromatic rings. The van der Waals surface area contributed by atoms with Crippen LogP contribution in [0, 0.1) is 0 Å². The van der Waals surface area contributed by atoms with Gasteiger partial charge >= 0.3 is 0 Å². The Bertz CT molecular complexity index is 1450. The third-order valence-electron chi connectivity index (χ3n) is 6.50. The molecule has 0 fully saturated rings. The summed E-state index contributed by atoms with van der Waals surface area (Å²) in [5.74, 6) is 0.868. The van der Waals surface area contributed by atoms with Gasteiger partial charge in [-0.25, -0.2) is 0 Å². The van der Waals surface area contributed by atoms with Crippen LogP contribution in [0.1, 0.15) is 34.3 Å². The quantitative estimate of drug-likeness (QED) is 0.188. The number of benzene rings is 4. The highest BCUT2D eigenvalue weighted by atomic mass is 16.5. The Hall–Kier alpha value is -3.89. The van der Waals surface area contributed by atoms with Crippen molar-refractivity contribution >= 4 is 27.6 Å². The van der Waals surface area contributed by atoms with Crippen LogP contribution in [0.15, 0.2) is 97.1 Å². The fourth-order valence-electron chi connectivity index (χ4n) is 4.69. The predicted molar refractivity (Wildman–Crippen MR) is 143 cm³/mol. The molecule has 5 rings (SSSR count). The fraction of sp³-hybridized carbons (Fsp3) is 0.194. The third kappa shape index (κ3) is 5.13. The van der Waals surface area contributed by atoms with Crippen LogP contribution in [0.2, 0.25) is 0 Å². The van der Waals surface area contributed by atoms with E-state index < -0.39 is 0 Å². The molecule has 1 aromatic heterocycles. The van der Waals surface area contributed by atoms with Crippen LogP contribution >= 0.6 is 0 Å². The molecule has 0 aliphatic heterocycles. The second kappa shape index (κ2) is 10.6. The number of hydrogen-bond acceptors (Lipinski definition) is 3. The number of carbonyl (C=O) groups excluding carboxylic acids is 1. The average Bonchev–Trinajstić information content (AvgIpc) is 3.22. The lowest BCUT2D eigenvalue weighted by Gasteiger charge is -2.09. The normalized spacial score (nSPS) is 11.2. The van der Waals surface area contributed by atoms with Crippen LogP contribution in [0.3, 0.4) is 0 Å². The zero-order valence-corrected chi connectivity index (χ0v) is 20.0. The molecular weight excluding hydrogens is 432 g/mol. The van der Waals surface area contributed by atoms with Crippen molar-refractivity contribution in [3.05, 3.63) is 114 Å². The number of ether oxygens (including phenoxy) is 1. The van der Waals surface area contributed by atoms with Gasteiger partial charge < -0.3 is 14.6 Å². The van der Waals surface area contributed by atoms with Crippen molar-refractivity contribution in [1.29, 1.82) is 0 Å². The monoisotopic (exact) mass is 462 g/mol. The zero-order chi connectivity index (χ0) is 24.0. The Kier molecular flexibility index (Phi) is 6.92. The number of aromatic nitrogens is 1. The van der Waals surface area contributed by atoms with Gasteiger partial charge in [0.15, 0.2) is 5.78 Å². The maximum atomic E-state index is 12.5. The second-order valence-corrected chi connectivity index (χ2v) is 8.88. The van der Waals surface area contributed by atoms with Gasteiger partial charge in [0, 0.05) is 46.9 Å². The number of carbonyl (C=O) groups is 1. The second-order valence-electron chi connectivity index (χ2n) is 8.88. The molecule has 0 saturated heterocycles. The summed E-state index contributed by atoms with van der Waals surface area (Å²) in [6.07, 6.45) is 1.32. The number of rotatable bonds is 10. The maximum Gasteiger partial charge on any atom is 0.163 e. The number of methoxy groups -OCH3 is 1. The van der Waals surface area contributed by atoms with E-state index in [0.29, 0.717) is 12.0 Å². The van der Waals surface area contributed by atoms with Gasteiger partial charge in [-0.1, -0.05) is 66.7 Å². The van der Waals surface area contributed by atoms with E-state index in [-0.39, 0.29) is 5.78 Å². The largest absolute Gasteiger partial charge is 0.497 e. The van der Waals surface area contributed by atoms with Gasteiger partial charge in [0.05, 0.1) is 7.11 Å². The van der Waals surface area contributed by atoms with E-state index in [1.165, 1.54) is 32.9 Å². The van der Waals surface area contributed by atoms with Crippen molar-refractivity contribution in [3.63, 3.8) is 0 Å². The summed E-state index contributed by atoms with van der Waals surface area (Å²) >= 11 is 0. The third-order valence-corrected chi connectivity index (χ3v) is 6.50. The predicted octanol–water partition coefficient (Wildman–Crippen LogP) is 6.60. The van der Waals surface area contributed by atoms with Gasteiger partial charge in [-0.15, -0.1) is 0 Å². The molecular formula is C31H30N2O2. The summed E-state index contributed by atoms with van der Waals surface area (Å²) in [5, 5.41) is 6.07.